The fourth-order valence-corrected chi connectivity index (χ4v) is 1.68. The highest BCUT2D eigenvalue weighted by Gasteiger charge is 2.28. The van der Waals surface area contributed by atoms with E-state index in [0.717, 1.165) is 18.4 Å². The number of hydrogen-bond acceptors (Lipinski definition) is 3. The molecule has 0 aromatic carbocycles. The normalized spacial score (nSPS) is 15.9. The van der Waals surface area contributed by atoms with E-state index < -0.39 is 12.8 Å². The Labute approximate surface area is 120 Å². The maximum absolute atomic E-state index is 12.0. The number of nitrogens with two attached hydrogens (primary N) is 1. The topological polar surface area (TPSA) is 63.7 Å². The van der Waals surface area contributed by atoms with Crippen LogP contribution >= 0.6 is 0 Å². The summed E-state index contributed by atoms with van der Waals surface area (Å²) < 4.78 is 40.5. The van der Waals surface area contributed by atoms with Gasteiger partial charge in [-0.2, -0.15) is 13.2 Å². The van der Waals surface area contributed by atoms with E-state index in [4.69, 9.17) is 5.73 Å². The van der Waals surface area contributed by atoms with E-state index in [9.17, 15) is 13.2 Å². The smallest absolute Gasteiger partial charge is 0.422 e. The fourth-order valence-electron chi connectivity index (χ4n) is 1.68. The number of ether oxygens (including phenoxy) is 1. The maximum Gasteiger partial charge on any atom is 0.422 e. The molecule has 1 fully saturated rings. The van der Waals surface area contributed by atoms with Gasteiger partial charge in [-0.15, -0.1) is 0 Å². The Hall–Kier alpha value is -1.99. The second-order valence-corrected chi connectivity index (χ2v) is 4.93. The average molecular weight is 302 g/mol. The molecule has 5 nitrogen and oxygen atoms in total. The summed E-state index contributed by atoms with van der Waals surface area (Å²) in [6.45, 7) is -1.02. The summed E-state index contributed by atoms with van der Waals surface area (Å²) in [6.07, 6.45) is -0.689. The molecule has 0 radical (unpaired) electrons. The van der Waals surface area contributed by atoms with E-state index in [1.54, 1.807) is 6.07 Å². The number of guanidine groups is 1. The molecule has 1 heterocycles. The number of alkyl halides is 3. The number of aromatic nitrogens is 1. The highest BCUT2D eigenvalue weighted by atomic mass is 19.4. The number of pyridine rings is 1. The molecule has 2 rings (SSSR count). The van der Waals surface area contributed by atoms with Crippen molar-refractivity contribution in [3.05, 3.63) is 23.9 Å². The fraction of sp³-hybridized carbons (Fsp3) is 0.538. The molecule has 21 heavy (non-hydrogen) atoms. The van der Waals surface area contributed by atoms with E-state index in [2.05, 4.69) is 14.7 Å². The van der Waals surface area contributed by atoms with E-state index in [0.29, 0.717) is 18.5 Å². The van der Waals surface area contributed by atoms with Gasteiger partial charge in [0.15, 0.2) is 12.6 Å². The zero-order chi connectivity index (χ0) is 15.5. The zero-order valence-electron chi connectivity index (χ0n) is 11.6. The highest BCUT2D eigenvalue weighted by molar-refractivity contribution is 5.78. The summed E-state index contributed by atoms with van der Waals surface area (Å²) in [7, 11) is 1.89. The van der Waals surface area contributed by atoms with Crippen LogP contribution in [0.2, 0.25) is 0 Å². The Morgan fingerprint density at radius 1 is 1.48 bits per heavy atom. The molecule has 1 saturated carbocycles. The Bertz CT molecular complexity index is 497. The number of rotatable bonds is 5. The first-order chi connectivity index (χ1) is 9.85. The monoisotopic (exact) mass is 302 g/mol. The number of hydrogen-bond donors (Lipinski definition) is 1. The second-order valence-electron chi connectivity index (χ2n) is 4.93. The molecular weight excluding hydrogens is 285 g/mol. The van der Waals surface area contributed by atoms with E-state index >= 15 is 0 Å². The molecule has 0 bridgehead atoms. The SMILES string of the molecule is CN(C(N)=NCc1ccc(OCC(F)(F)F)nc1)C1CC1. The number of halogens is 3. The molecule has 1 aliphatic rings. The van der Waals surface area contributed by atoms with Crippen molar-refractivity contribution in [3.63, 3.8) is 0 Å². The highest BCUT2D eigenvalue weighted by Crippen LogP contribution is 2.25. The molecule has 116 valence electrons. The lowest BCUT2D eigenvalue weighted by Crippen LogP contribution is -2.35. The molecule has 0 spiro atoms. The lowest BCUT2D eigenvalue weighted by Gasteiger charge is -2.16. The minimum absolute atomic E-state index is 0.0666. The molecule has 1 aromatic rings. The molecular formula is C13H17F3N4O. The number of nitrogens with zero attached hydrogens (tertiary/aromatic N) is 3. The van der Waals surface area contributed by atoms with E-state index in [1.165, 1.54) is 12.3 Å². The molecule has 1 aliphatic carbocycles. The van der Waals surface area contributed by atoms with Crippen molar-refractivity contribution in [1.29, 1.82) is 0 Å². The molecule has 0 aliphatic heterocycles. The summed E-state index contributed by atoms with van der Waals surface area (Å²) in [6, 6.07) is 3.48. The first kappa shape index (κ1) is 15.4. The molecule has 0 unspecified atom stereocenters. The molecule has 1 aromatic heterocycles. The first-order valence-electron chi connectivity index (χ1n) is 6.52. The van der Waals surface area contributed by atoms with Crippen LogP contribution in [0.5, 0.6) is 5.88 Å². The number of aliphatic imine (C=N–C) groups is 1. The predicted molar refractivity (Wildman–Crippen MR) is 71.9 cm³/mol. The van der Waals surface area contributed by atoms with Gasteiger partial charge in [-0.05, 0) is 18.4 Å². The summed E-state index contributed by atoms with van der Waals surface area (Å²) in [5.74, 6) is 0.387. The standard InChI is InChI=1S/C13H17F3N4O/c1-20(10-3-4-10)12(17)19-7-9-2-5-11(18-6-9)21-8-13(14,15)16/h2,5-6,10H,3-4,7-8H2,1H3,(H2,17,19). The van der Waals surface area contributed by atoms with Crippen molar-refractivity contribution in [2.45, 2.75) is 31.6 Å². The molecule has 2 N–H and O–H groups in total. The van der Waals surface area contributed by atoms with Gasteiger partial charge in [0.1, 0.15) is 0 Å². The Kier molecular flexibility index (Phi) is 4.54. The van der Waals surface area contributed by atoms with Gasteiger partial charge in [-0.3, -0.25) is 0 Å². The summed E-state index contributed by atoms with van der Waals surface area (Å²) >= 11 is 0. The van der Waals surface area contributed by atoms with Crippen LogP contribution in [-0.2, 0) is 6.54 Å². The Balaban J connectivity index is 1.85. The molecule has 8 heteroatoms. The lowest BCUT2D eigenvalue weighted by atomic mass is 10.3. The van der Waals surface area contributed by atoms with Crippen LogP contribution in [0, 0.1) is 0 Å². The third kappa shape index (κ3) is 5.13. The van der Waals surface area contributed by atoms with Crippen molar-refractivity contribution in [1.82, 2.24) is 9.88 Å². The van der Waals surface area contributed by atoms with Crippen LogP contribution in [0.15, 0.2) is 23.3 Å². The van der Waals surface area contributed by atoms with Crippen molar-refractivity contribution >= 4 is 5.96 Å². The van der Waals surface area contributed by atoms with E-state index in [-0.39, 0.29) is 5.88 Å². The second kappa shape index (κ2) is 6.19. The third-order valence-electron chi connectivity index (χ3n) is 3.06. The van der Waals surface area contributed by atoms with Crippen molar-refractivity contribution in [2.75, 3.05) is 13.7 Å². The van der Waals surface area contributed by atoms with Gasteiger partial charge in [-0.1, -0.05) is 6.07 Å². The molecule has 0 amide bonds. The van der Waals surface area contributed by atoms with Gasteiger partial charge in [-0.25, -0.2) is 9.98 Å². The van der Waals surface area contributed by atoms with Gasteiger partial charge >= 0.3 is 6.18 Å². The van der Waals surface area contributed by atoms with Gasteiger partial charge in [0.2, 0.25) is 5.88 Å². The van der Waals surface area contributed by atoms with Crippen LogP contribution in [-0.4, -0.2) is 41.7 Å². The van der Waals surface area contributed by atoms with Crippen LogP contribution in [0.25, 0.3) is 0 Å². The third-order valence-corrected chi connectivity index (χ3v) is 3.06. The van der Waals surface area contributed by atoms with Crippen LogP contribution < -0.4 is 10.5 Å². The van der Waals surface area contributed by atoms with Crippen LogP contribution in [0.3, 0.4) is 0 Å². The van der Waals surface area contributed by atoms with Gasteiger partial charge in [0, 0.05) is 25.4 Å². The largest absolute Gasteiger partial charge is 0.468 e. The molecule has 0 atom stereocenters. The minimum Gasteiger partial charge on any atom is -0.468 e. The Morgan fingerprint density at radius 3 is 2.71 bits per heavy atom. The summed E-state index contributed by atoms with van der Waals surface area (Å²) in [5.41, 5.74) is 6.59. The zero-order valence-corrected chi connectivity index (χ0v) is 11.6. The van der Waals surface area contributed by atoms with E-state index in [1.807, 2.05) is 11.9 Å². The quantitative estimate of drug-likeness (QED) is 0.667. The van der Waals surface area contributed by atoms with Crippen molar-refractivity contribution < 1.29 is 17.9 Å². The van der Waals surface area contributed by atoms with Crippen LogP contribution in [0.4, 0.5) is 13.2 Å². The summed E-state index contributed by atoms with van der Waals surface area (Å²) in [4.78, 5) is 9.96. The minimum atomic E-state index is -4.37. The lowest BCUT2D eigenvalue weighted by molar-refractivity contribution is -0.154. The Morgan fingerprint density at radius 2 is 2.19 bits per heavy atom. The molecule has 0 saturated heterocycles. The van der Waals surface area contributed by atoms with Crippen molar-refractivity contribution in [3.8, 4) is 5.88 Å². The predicted octanol–water partition coefficient (Wildman–Crippen LogP) is 1.93. The van der Waals surface area contributed by atoms with Gasteiger partial charge < -0.3 is 15.4 Å². The first-order valence-corrected chi connectivity index (χ1v) is 6.52. The average Bonchev–Trinajstić information content (AvgIpc) is 3.26. The van der Waals surface area contributed by atoms with Gasteiger partial charge in [0.25, 0.3) is 0 Å². The summed E-state index contributed by atoms with van der Waals surface area (Å²) in [5, 5.41) is 0. The van der Waals surface area contributed by atoms with Crippen LogP contribution in [0.1, 0.15) is 18.4 Å². The van der Waals surface area contributed by atoms with Gasteiger partial charge in [0.05, 0.1) is 6.54 Å². The maximum atomic E-state index is 12.0. The van der Waals surface area contributed by atoms with Crippen molar-refractivity contribution in [2.24, 2.45) is 10.7 Å².